The Kier molecular flexibility index (Phi) is 20.8. The zero-order chi connectivity index (χ0) is 15.8. The van der Waals surface area contributed by atoms with Crippen molar-refractivity contribution in [2.45, 2.75) is 96.1 Å². The van der Waals surface area contributed by atoms with E-state index >= 15 is 0 Å². The highest BCUT2D eigenvalue weighted by Gasteiger charge is 2.08. The van der Waals surface area contributed by atoms with Gasteiger partial charge in [0.05, 0.1) is 18.8 Å². The lowest BCUT2D eigenvalue weighted by Crippen LogP contribution is -2.36. The smallest absolute Gasteiger partial charge is 0.0894 e. The molecular weight excluding hydrogens is 298 g/mol. The van der Waals surface area contributed by atoms with Gasteiger partial charge in [-0.3, -0.25) is 0 Å². The summed E-state index contributed by atoms with van der Waals surface area (Å²) in [5, 5.41) is 18.3. The molecule has 0 aliphatic heterocycles. The Bertz CT molecular complexity index is 237. The van der Waals surface area contributed by atoms with E-state index in [1.54, 1.807) is 6.08 Å². The third kappa shape index (κ3) is 16.3. The summed E-state index contributed by atoms with van der Waals surface area (Å²) in [4.78, 5) is 0. The fourth-order valence-electron chi connectivity index (χ4n) is 2.41. The van der Waals surface area contributed by atoms with Gasteiger partial charge in [0, 0.05) is 0 Å². The van der Waals surface area contributed by atoms with E-state index in [4.69, 9.17) is 10.8 Å². The zero-order valence-corrected chi connectivity index (χ0v) is 15.2. The number of aliphatic hydroxyl groups excluding tert-OH is 2. The highest BCUT2D eigenvalue weighted by Crippen LogP contribution is 2.12. The molecule has 22 heavy (non-hydrogen) atoms. The molecule has 0 unspecified atom stereocenters. The number of unbranched alkanes of at least 4 members (excludes halogenated alkanes) is 11. The molecule has 0 aliphatic rings. The zero-order valence-electron chi connectivity index (χ0n) is 14.4. The van der Waals surface area contributed by atoms with Crippen molar-refractivity contribution in [2.24, 2.45) is 5.73 Å². The lowest BCUT2D eigenvalue weighted by Gasteiger charge is -2.11. The molecule has 0 rings (SSSR count). The minimum atomic E-state index is -0.720. The van der Waals surface area contributed by atoms with E-state index < -0.39 is 12.1 Å². The van der Waals surface area contributed by atoms with Crippen LogP contribution < -0.4 is 5.73 Å². The summed E-state index contributed by atoms with van der Waals surface area (Å²) in [7, 11) is 0. The molecule has 0 aliphatic carbocycles. The van der Waals surface area contributed by atoms with Gasteiger partial charge < -0.3 is 15.9 Å². The Morgan fingerprint density at radius 2 is 1.32 bits per heavy atom. The quantitative estimate of drug-likeness (QED) is 0.308. The molecule has 2 atom stereocenters. The average molecular weight is 336 g/mol. The number of allylic oxidation sites excluding steroid dienone is 1. The molecule has 0 bridgehead atoms. The van der Waals surface area contributed by atoms with Crippen molar-refractivity contribution >= 4 is 12.4 Å². The third-order valence-electron chi connectivity index (χ3n) is 3.96. The predicted octanol–water partition coefficient (Wildman–Crippen LogP) is 4.35. The molecule has 134 valence electrons. The molecule has 4 heteroatoms. The summed E-state index contributed by atoms with van der Waals surface area (Å²) in [6, 6.07) is -0.557. The molecule has 3 nitrogen and oxygen atoms in total. The molecular formula is C18H38ClNO2. The van der Waals surface area contributed by atoms with Gasteiger partial charge in [-0.25, -0.2) is 0 Å². The molecule has 0 aromatic heterocycles. The largest absolute Gasteiger partial charge is 0.395 e. The van der Waals surface area contributed by atoms with E-state index in [0.717, 1.165) is 6.42 Å². The summed E-state index contributed by atoms with van der Waals surface area (Å²) in [5.74, 6) is 0. The highest BCUT2D eigenvalue weighted by atomic mass is 35.5. The van der Waals surface area contributed by atoms with Crippen molar-refractivity contribution in [3.05, 3.63) is 12.2 Å². The summed E-state index contributed by atoms with van der Waals surface area (Å²) < 4.78 is 0. The topological polar surface area (TPSA) is 66.5 Å². The van der Waals surface area contributed by atoms with Crippen LogP contribution in [0.25, 0.3) is 0 Å². The minimum Gasteiger partial charge on any atom is -0.395 e. The van der Waals surface area contributed by atoms with Crippen molar-refractivity contribution in [1.29, 1.82) is 0 Å². The molecule has 0 fully saturated rings. The first-order chi connectivity index (χ1) is 10.2. The predicted molar refractivity (Wildman–Crippen MR) is 98.5 cm³/mol. The Hall–Kier alpha value is -0.0900. The number of hydrogen-bond acceptors (Lipinski definition) is 3. The van der Waals surface area contributed by atoms with E-state index in [2.05, 4.69) is 6.92 Å². The Labute approximate surface area is 143 Å². The first-order valence-corrected chi connectivity index (χ1v) is 8.93. The van der Waals surface area contributed by atoms with Gasteiger partial charge in [0.15, 0.2) is 0 Å². The fourth-order valence-corrected chi connectivity index (χ4v) is 2.41. The first kappa shape index (κ1) is 24.2. The standard InChI is InChI=1S/C18H37NO2.ClH/c1-2-3-4-5-6-7-8-9-10-11-12-13-14-15-18(21)17(19)16-20;/h14-15,17-18,20-21H,2-13,16,19H2,1H3;1H/t17-,18+;/m1./s1. The van der Waals surface area contributed by atoms with Gasteiger partial charge in [0.2, 0.25) is 0 Å². The van der Waals surface area contributed by atoms with Crippen molar-refractivity contribution in [3.8, 4) is 0 Å². The Balaban J connectivity index is 0. The highest BCUT2D eigenvalue weighted by molar-refractivity contribution is 5.85. The van der Waals surface area contributed by atoms with Crippen molar-refractivity contribution < 1.29 is 10.2 Å². The van der Waals surface area contributed by atoms with Crippen LogP contribution in [0.2, 0.25) is 0 Å². The van der Waals surface area contributed by atoms with Crippen LogP contribution in [0.5, 0.6) is 0 Å². The second kappa shape index (κ2) is 19.0. The van der Waals surface area contributed by atoms with Crippen molar-refractivity contribution in [1.82, 2.24) is 0 Å². The maximum atomic E-state index is 9.52. The van der Waals surface area contributed by atoms with Gasteiger partial charge in [-0.1, -0.05) is 83.3 Å². The van der Waals surface area contributed by atoms with Crippen LogP contribution in [0.4, 0.5) is 0 Å². The van der Waals surface area contributed by atoms with Crippen LogP contribution >= 0.6 is 12.4 Å². The van der Waals surface area contributed by atoms with Crippen LogP contribution in [0.15, 0.2) is 12.2 Å². The van der Waals surface area contributed by atoms with Gasteiger partial charge in [-0.2, -0.15) is 0 Å². The van der Waals surface area contributed by atoms with Gasteiger partial charge >= 0.3 is 0 Å². The number of aliphatic hydroxyl groups is 2. The van der Waals surface area contributed by atoms with E-state index in [1.807, 2.05) is 6.08 Å². The molecule has 0 amide bonds. The second-order valence-corrected chi connectivity index (χ2v) is 6.09. The lowest BCUT2D eigenvalue weighted by molar-refractivity contribution is 0.144. The summed E-state index contributed by atoms with van der Waals surface area (Å²) >= 11 is 0. The molecule has 0 heterocycles. The van der Waals surface area contributed by atoms with Gasteiger partial charge in [-0.15, -0.1) is 12.4 Å². The van der Waals surface area contributed by atoms with Crippen LogP contribution in [-0.4, -0.2) is 29.0 Å². The molecule has 0 aromatic rings. The van der Waals surface area contributed by atoms with E-state index in [1.165, 1.54) is 70.6 Å². The lowest BCUT2D eigenvalue weighted by atomic mass is 10.0. The van der Waals surface area contributed by atoms with Crippen LogP contribution in [0, 0.1) is 0 Å². The van der Waals surface area contributed by atoms with Crippen LogP contribution in [0.1, 0.15) is 84.0 Å². The normalized spacial score (nSPS) is 14.0. The number of halogens is 1. The Morgan fingerprint density at radius 1 is 0.864 bits per heavy atom. The van der Waals surface area contributed by atoms with Crippen LogP contribution in [0.3, 0.4) is 0 Å². The van der Waals surface area contributed by atoms with E-state index in [-0.39, 0.29) is 19.0 Å². The maximum absolute atomic E-state index is 9.52. The second-order valence-electron chi connectivity index (χ2n) is 6.09. The number of hydrogen-bond donors (Lipinski definition) is 3. The molecule has 4 N–H and O–H groups in total. The fraction of sp³-hybridized carbons (Fsp3) is 0.889. The summed E-state index contributed by atoms with van der Waals surface area (Å²) in [6.45, 7) is 2.08. The maximum Gasteiger partial charge on any atom is 0.0894 e. The number of nitrogens with two attached hydrogens (primary N) is 1. The van der Waals surface area contributed by atoms with E-state index in [9.17, 15) is 5.11 Å². The van der Waals surface area contributed by atoms with Gasteiger partial charge in [0.25, 0.3) is 0 Å². The SMILES string of the molecule is CCCCCCCCCCCCCC=C[C@H](O)[C@H](N)CO.Cl. The summed E-state index contributed by atoms with van der Waals surface area (Å²) in [5.41, 5.74) is 5.51. The molecule has 0 aromatic carbocycles. The van der Waals surface area contributed by atoms with E-state index in [0.29, 0.717) is 0 Å². The third-order valence-corrected chi connectivity index (χ3v) is 3.96. The van der Waals surface area contributed by atoms with Crippen molar-refractivity contribution in [2.75, 3.05) is 6.61 Å². The summed E-state index contributed by atoms with van der Waals surface area (Å²) in [6.07, 6.45) is 18.8. The average Bonchev–Trinajstić information content (AvgIpc) is 2.50. The minimum absolute atomic E-state index is 0. The number of rotatable bonds is 15. The van der Waals surface area contributed by atoms with Gasteiger partial charge in [0.1, 0.15) is 0 Å². The molecule has 0 saturated carbocycles. The molecule has 0 radical (unpaired) electrons. The monoisotopic (exact) mass is 335 g/mol. The first-order valence-electron chi connectivity index (χ1n) is 8.93. The van der Waals surface area contributed by atoms with Crippen molar-refractivity contribution in [3.63, 3.8) is 0 Å². The van der Waals surface area contributed by atoms with Crippen LogP contribution in [-0.2, 0) is 0 Å². The molecule has 0 spiro atoms. The Morgan fingerprint density at radius 3 is 1.77 bits per heavy atom. The molecule has 0 saturated heterocycles. The van der Waals surface area contributed by atoms with Gasteiger partial charge in [-0.05, 0) is 12.8 Å².